The Morgan fingerprint density at radius 3 is 2.58 bits per heavy atom. The van der Waals surface area contributed by atoms with Crippen LogP contribution in [-0.2, 0) is 0 Å². The van der Waals surface area contributed by atoms with Crippen LogP contribution >= 0.6 is 0 Å². The predicted octanol–water partition coefficient (Wildman–Crippen LogP) is 3.15. The van der Waals surface area contributed by atoms with E-state index in [0.29, 0.717) is 5.56 Å². The lowest BCUT2D eigenvalue weighted by Crippen LogP contribution is -2.39. The summed E-state index contributed by atoms with van der Waals surface area (Å²) in [5, 5.41) is 12.8. The molecule has 0 aromatic heterocycles. The van der Waals surface area contributed by atoms with Gasteiger partial charge in [0.15, 0.2) is 0 Å². The van der Waals surface area contributed by atoms with Crippen molar-refractivity contribution in [3.8, 4) is 0 Å². The summed E-state index contributed by atoms with van der Waals surface area (Å²) in [7, 11) is 0. The molecule has 0 radical (unpaired) electrons. The number of nitro benzene ring substituents is 1. The largest absolute Gasteiger partial charge is 0.319 e. The topological polar surface area (TPSA) is 55.2 Å². The minimum atomic E-state index is -4.13. The molecule has 1 unspecified atom stereocenters. The van der Waals surface area contributed by atoms with Crippen LogP contribution in [0, 0.1) is 10.1 Å². The molecule has 1 N–H and O–H groups in total. The molecule has 106 valence electrons. The molecular formula is C11H12F4N2O2. The van der Waals surface area contributed by atoms with Gasteiger partial charge in [0.05, 0.1) is 11.5 Å². The molecular weight excluding hydrogens is 268 g/mol. The Labute approximate surface area is 106 Å². The SMILES string of the molecule is CC(NCC(F)(F)C(F)F)c1cccc([N+](=O)[O-])c1. The van der Waals surface area contributed by atoms with Gasteiger partial charge in [-0.2, -0.15) is 8.78 Å². The fourth-order valence-corrected chi connectivity index (χ4v) is 1.39. The van der Waals surface area contributed by atoms with Crippen molar-refractivity contribution in [3.63, 3.8) is 0 Å². The van der Waals surface area contributed by atoms with Crippen LogP contribution in [0.4, 0.5) is 23.2 Å². The van der Waals surface area contributed by atoms with E-state index < -0.39 is 29.9 Å². The van der Waals surface area contributed by atoms with Gasteiger partial charge in [0.25, 0.3) is 5.69 Å². The lowest BCUT2D eigenvalue weighted by atomic mass is 10.1. The van der Waals surface area contributed by atoms with E-state index in [1.165, 1.54) is 31.2 Å². The second-order valence-electron chi connectivity index (χ2n) is 4.02. The quantitative estimate of drug-likeness (QED) is 0.495. The number of benzene rings is 1. The fourth-order valence-electron chi connectivity index (χ4n) is 1.39. The zero-order valence-corrected chi connectivity index (χ0v) is 9.95. The highest BCUT2D eigenvalue weighted by atomic mass is 19.3. The average molecular weight is 280 g/mol. The Balaban J connectivity index is 2.71. The smallest absolute Gasteiger partial charge is 0.304 e. The van der Waals surface area contributed by atoms with E-state index in [0.717, 1.165) is 0 Å². The van der Waals surface area contributed by atoms with Crippen molar-refractivity contribution in [3.05, 3.63) is 39.9 Å². The fraction of sp³-hybridized carbons (Fsp3) is 0.455. The number of halogens is 4. The molecule has 0 spiro atoms. The molecule has 8 heteroatoms. The van der Waals surface area contributed by atoms with Crippen molar-refractivity contribution in [2.45, 2.75) is 25.3 Å². The van der Waals surface area contributed by atoms with Crippen molar-refractivity contribution in [1.82, 2.24) is 5.32 Å². The van der Waals surface area contributed by atoms with Crippen LogP contribution in [-0.4, -0.2) is 23.8 Å². The number of non-ortho nitro benzene ring substituents is 1. The highest BCUT2D eigenvalue weighted by Gasteiger charge is 2.40. The standard InChI is InChI=1S/C11H12F4N2O2/c1-7(16-6-11(14,15)10(12)13)8-3-2-4-9(5-8)17(18)19/h2-5,7,10,16H,6H2,1H3. The van der Waals surface area contributed by atoms with Gasteiger partial charge in [0.2, 0.25) is 0 Å². The molecule has 0 aliphatic rings. The predicted molar refractivity (Wildman–Crippen MR) is 60.5 cm³/mol. The third-order valence-electron chi connectivity index (χ3n) is 2.54. The molecule has 1 rings (SSSR count). The molecule has 0 aliphatic carbocycles. The summed E-state index contributed by atoms with van der Waals surface area (Å²) in [6, 6.07) is 4.65. The summed E-state index contributed by atoms with van der Waals surface area (Å²) in [5.74, 6) is -4.13. The lowest BCUT2D eigenvalue weighted by molar-refractivity contribution is -0.384. The minimum Gasteiger partial charge on any atom is -0.304 e. The number of alkyl halides is 4. The highest BCUT2D eigenvalue weighted by Crippen LogP contribution is 2.24. The van der Waals surface area contributed by atoms with Crippen molar-refractivity contribution in [2.75, 3.05) is 6.54 Å². The second-order valence-corrected chi connectivity index (χ2v) is 4.02. The van der Waals surface area contributed by atoms with Crippen molar-refractivity contribution >= 4 is 5.69 Å². The average Bonchev–Trinajstić information content (AvgIpc) is 2.36. The molecule has 0 fully saturated rings. The molecule has 0 heterocycles. The van der Waals surface area contributed by atoms with Crippen molar-refractivity contribution in [2.24, 2.45) is 0 Å². The Kier molecular flexibility index (Phi) is 4.82. The summed E-state index contributed by atoms with van der Waals surface area (Å²) in [6.07, 6.45) is -3.75. The number of nitro groups is 1. The van der Waals surface area contributed by atoms with Gasteiger partial charge in [0, 0.05) is 18.2 Å². The van der Waals surface area contributed by atoms with Gasteiger partial charge in [-0.3, -0.25) is 10.1 Å². The molecule has 0 bridgehead atoms. The Morgan fingerprint density at radius 2 is 2.05 bits per heavy atom. The van der Waals surface area contributed by atoms with E-state index in [1.54, 1.807) is 0 Å². The van der Waals surface area contributed by atoms with Gasteiger partial charge in [-0.25, -0.2) is 8.78 Å². The van der Waals surface area contributed by atoms with E-state index in [-0.39, 0.29) is 5.69 Å². The first-order valence-corrected chi connectivity index (χ1v) is 5.38. The van der Waals surface area contributed by atoms with Gasteiger partial charge in [-0.05, 0) is 12.5 Å². The zero-order chi connectivity index (χ0) is 14.6. The number of nitrogens with one attached hydrogen (secondary N) is 1. The van der Waals surface area contributed by atoms with E-state index in [2.05, 4.69) is 5.32 Å². The van der Waals surface area contributed by atoms with Crippen LogP contribution in [0.25, 0.3) is 0 Å². The maximum absolute atomic E-state index is 12.7. The molecule has 1 aromatic carbocycles. The minimum absolute atomic E-state index is 0.188. The Morgan fingerprint density at radius 1 is 1.42 bits per heavy atom. The Hall–Kier alpha value is -1.70. The van der Waals surface area contributed by atoms with Crippen molar-refractivity contribution in [1.29, 1.82) is 0 Å². The van der Waals surface area contributed by atoms with Crippen LogP contribution in [0.3, 0.4) is 0 Å². The van der Waals surface area contributed by atoms with Crippen LogP contribution in [0.2, 0.25) is 0 Å². The summed E-state index contributed by atoms with van der Waals surface area (Å²) < 4.78 is 49.3. The van der Waals surface area contributed by atoms with Crippen molar-refractivity contribution < 1.29 is 22.5 Å². The lowest BCUT2D eigenvalue weighted by Gasteiger charge is -2.20. The maximum atomic E-state index is 12.7. The summed E-state index contributed by atoms with van der Waals surface area (Å²) in [6.45, 7) is 0.259. The summed E-state index contributed by atoms with van der Waals surface area (Å²) >= 11 is 0. The summed E-state index contributed by atoms with van der Waals surface area (Å²) in [5.41, 5.74) is 0.186. The molecule has 0 amide bonds. The van der Waals surface area contributed by atoms with E-state index in [9.17, 15) is 27.7 Å². The first kappa shape index (κ1) is 15.4. The van der Waals surface area contributed by atoms with E-state index >= 15 is 0 Å². The molecule has 19 heavy (non-hydrogen) atoms. The van der Waals surface area contributed by atoms with Crippen LogP contribution in [0.5, 0.6) is 0 Å². The van der Waals surface area contributed by atoms with Crippen LogP contribution in [0.15, 0.2) is 24.3 Å². The highest BCUT2D eigenvalue weighted by molar-refractivity contribution is 5.35. The molecule has 4 nitrogen and oxygen atoms in total. The molecule has 0 saturated carbocycles. The monoisotopic (exact) mass is 280 g/mol. The normalized spacial score (nSPS) is 13.6. The van der Waals surface area contributed by atoms with Gasteiger partial charge >= 0.3 is 12.3 Å². The molecule has 1 aromatic rings. The van der Waals surface area contributed by atoms with E-state index in [1.807, 2.05) is 0 Å². The van der Waals surface area contributed by atoms with Gasteiger partial charge in [-0.1, -0.05) is 12.1 Å². The number of hydrogen-bond acceptors (Lipinski definition) is 3. The second kappa shape index (κ2) is 5.96. The molecule has 0 aliphatic heterocycles. The number of rotatable bonds is 6. The summed E-state index contributed by atoms with van der Waals surface area (Å²) in [4.78, 5) is 9.93. The van der Waals surface area contributed by atoms with Gasteiger partial charge < -0.3 is 5.32 Å². The first-order valence-electron chi connectivity index (χ1n) is 5.38. The van der Waals surface area contributed by atoms with Gasteiger partial charge in [0.1, 0.15) is 0 Å². The third kappa shape index (κ3) is 4.16. The molecule has 1 atom stereocenters. The first-order chi connectivity index (χ1) is 8.74. The van der Waals surface area contributed by atoms with Gasteiger partial charge in [-0.15, -0.1) is 0 Å². The molecule has 0 saturated heterocycles. The maximum Gasteiger partial charge on any atom is 0.319 e. The van der Waals surface area contributed by atoms with Crippen LogP contribution in [0.1, 0.15) is 18.5 Å². The zero-order valence-electron chi connectivity index (χ0n) is 9.95. The van der Waals surface area contributed by atoms with Crippen LogP contribution < -0.4 is 5.32 Å². The number of hydrogen-bond donors (Lipinski definition) is 1. The third-order valence-corrected chi connectivity index (χ3v) is 2.54. The van der Waals surface area contributed by atoms with E-state index in [4.69, 9.17) is 0 Å². The number of nitrogens with zero attached hydrogens (tertiary/aromatic N) is 1. The Bertz CT molecular complexity index is 454.